The fourth-order valence-corrected chi connectivity index (χ4v) is 6.40. The Hall–Kier alpha value is -1.94. The topological polar surface area (TPSA) is 79.0 Å². The number of nitrogens with one attached hydrogen (secondary N) is 1. The average molecular weight is 436 g/mol. The summed E-state index contributed by atoms with van der Waals surface area (Å²) in [5.41, 5.74) is 1.84. The highest BCUT2D eigenvalue weighted by Gasteiger charge is 2.33. The molecule has 2 aliphatic rings. The number of benzene rings is 1. The molecule has 1 atom stereocenters. The zero-order valence-corrected chi connectivity index (χ0v) is 17.8. The van der Waals surface area contributed by atoms with E-state index in [2.05, 4.69) is 10.2 Å². The van der Waals surface area contributed by atoms with E-state index in [1.165, 1.54) is 15.6 Å². The zero-order chi connectivity index (χ0) is 20.3. The molecule has 0 unspecified atom stereocenters. The third kappa shape index (κ3) is 4.63. The molecule has 1 aromatic heterocycles. The van der Waals surface area contributed by atoms with Crippen LogP contribution in [0.3, 0.4) is 0 Å². The normalized spacial score (nSPS) is 21.1. The van der Waals surface area contributed by atoms with Gasteiger partial charge in [0.25, 0.3) is 10.0 Å². The standard InChI is InChI=1S/C20H25N3O4S2/c24-20(21-17-5-7-18(8-6-17)22-10-12-27-13-11-22)16-3-1-9-23(15-16)29(25,26)19-4-2-14-28-19/h2,4-8,14,16H,1,3,9-13,15H2,(H,21,24)/t16-/m1/s1. The molecule has 29 heavy (non-hydrogen) atoms. The van der Waals surface area contributed by atoms with E-state index in [-0.39, 0.29) is 18.4 Å². The molecule has 7 nitrogen and oxygen atoms in total. The van der Waals surface area contributed by atoms with Gasteiger partial charge in [-0.1, -0.05) is 6.07 Å². The lowest BCUT2D eigenvalue weighted by Gasteiger charge is -2.31. The van der Waals surface area contributed by atoms with Gasteiger partial charge in [0.2, 0.25) is 5.91 Å². The van der Waals surface area contributed by atoms with Crippen LogP contribution in [0.25, 0.3) is 0 Å². The van der Waals surface area contributed by atoms with Crippen molar-refractivity contribution < 1.29 is 17.9 Å². The number of ether oxygens (including phenoxy) is 1. The van der Waals surface area contributed by atoms with Crippen LogP contribution >= 0.6 is 11.3 Å². The summed E-state index contributed by atoms with van der Waals surface area (Å²) in [6, 6.07) is 11.1. The van der Waals surface area contributed by atoms with Gasteiger partial charge in [0.15, 0.2) is 0 Å². The van der Waals surface area contributed by atoms with E-state index >= 15 is 0 Å². The molecular weight excluding hydrogens is 410 g/mol. The second kappa shape index (κ2) is 8.83. The van der Waals surface area contributed by atoms with Crippen molar-refractivity contribution in [3.8, 4) is 0 Å². The molecule has 1 amide bonds. The van der Waals surface area contributed by atoms with Gasteiger partial charge in [-0.05, 0) is 48.6 Å². The molecule has 0 saturated carbocycles. The summed E-state index contributed by atoms with van der Waals surface area (Å²) in [6.07, 6.45) is 1.37. The molecule has 4 rings (SSSR count). The summed E-state index contributed by atoms with van der Waals surface area (Å²) < 4.78 is 32.7. The molecule has 1 aromatic carbocycles. The molecule has 0 bridgehead atoms. The van der Waals surface area contributed by atoms with Gasteiger partial charge in [0.1, 0.15) is 4.21 Å². The largest absolute Gasteiger partial charge is 0.378 e. The smallest absolute Gasteiger partial charge is 0.252 e. The van der Waals surface area contributed by atoms with Gasteiger partial charge in [-0.3, -0.25) is 4.79 Å². The number of amides is 1. The van der Waals surface area contributed by atoms with Crippen molar-refractivity contribution in [1.29, 1.82) is 0 Å². The first-order chi connectivity index (χ1) is 14.0. The molecule has 0 aliphatic carbocycles. The fraction of sp³-hybridized carbons (Fsp3) is 0.450. The second-order valence-electron chi connectivity index (χ2n) is 7.27. The SMILES string of the molecule is O=C(Nc1ccc(N2CCOCC2)cc1)[C@@H]1CCCN(S(=O)(=O)c2cccs2)C1. The summed E-state index contributed by atoms with van der Waals surface area (Å²) >= 11 is 1.21. The summed E-state index contributed by atoms with van der Waals surface area (Å²) in [6.45, 7) is 3.86. The predicted molar refractivity (Wildman–Crippen MR) is 114 cm³/mol. The summed E-state index contributed by atoms with van der Waals surface area (Å²) in [5.74, 6) is -0.479. The molecule has 2 aromatic rings. The van der Waals surface area contributed by atoms with E-state index in [0.717, 1.165) is 37.7 Å². The van der Waals surface area contributed by atoms with Crippen molar-refractivity contribution in [1.82, 2.24) is 4.31 Å². The monoisotopic (exact) mass is 435 g/mol. The van der Waals surface area contributed by atoms with Crippen molar-refractivity contribution in [3.63, 3.8) is 0 Å². The highest BCUT2D eigenvalue weighted by Crippen LogP contribution is 2.27. The molecule has 2 fully saturated rings. The number of hydrogen-bond donors (Lipinski definition) is 1. The Morgan fingerprint density at radius 3 is 2.55 bits per heavy atom. The highest BCUT2D eigenvalue weighted by atomic mass is 32.2. The number of carbonyl (C=O) groups excluding carboxylic acids is 1. The van der Waals surface area contributed by atoms with Gasteiger partial charge in [-0.15, -0.1) is 11.3 Å². The minimum Gasteiger partial charge on any atom is -0.378 e. The number of sulfonamides is 1. The number of carbonyl (C=O) groups is 1. The Kier molecular flexibility index (Phi) is 6.19. The molecule has 9 heteroatoms. The first kappa shape index (κ1) is 20.3. The first-order valence-corrected chi connectivity index (χ1v) is 12.1. The van der Waals surface area contributed by atoms with Gasteiger partial charge >= 0.3 is 0 Å². The molecule has 2 aliphatic heterocycles. The van der Waals surface area contributed by atoms with E-state index in [4.69, 9.17) is 4.74 Å². The minimum absolute atomic E-state index is 0.129. The van der Waals surface area contributed by atoms with Crippen molar-refractivity contribution in [2.75, 3.05) is 49.6 Å². The molecule has 0 radical (unpaired) electrons. The van der Waals surface area contributed by atoms with Crippen molar-refractivity contribution in [2.45, 2.75) is 17.1 Å². The van der Waals surface area contributed by atoms with Crippen LogP contribution in [0.4, 0.5) is 11.4 Å². The molecule has 156 valence electrons. The third-order valence-corrected chi connectivity index (χ3v) is 8.59. The van der Waals surface area contributed by atoms with Gasteiger partial charge in [-0.25, -0.2) is 8.42 Å². The maximum absolute atomic E-state index is 12.8. The lowest BCUT2D eigenvalue weighted by atomic mass is 9.98. The van der Waals surface area contributed by atoms with Crippen molar-refractivity contribution in [3.05, 3.63) is 41.8 Å². The van der Waals surface area contributed by atoms with Crippen LogP contribution in [-0.2, 0) is 19.6 Å². The summed E-state index contributed by atoms with van der Waals surface area (Å²) in [4.78, 5) is 15.0. The number of thiophene rings is 1. The zero-order valence-electron chi connectivity index (χ0n) is 16.1. The minimum atomic E-state index is -3.52. The van der Waals surface area contributed by atoms with Crippen LogP contribution < -0.4 is 10.2 Å². The van der Waals surface area contributed by atoms with Crippen LogP contribution in [0, 0.1) is 5.92 Å². The molecule has 3 heterocycles. The second-order valence-corrected chi connectivity index (χ2v) is 10.4. The molecular formula is C20H25N3O4S2. The van der Waals surface area contributed by atoms with Gasteiger partial charge in [0, 0.05) is 37.6 Å². The van der Waals surface area contributed by atoms with Crippen molar-refractivity contribution in [2.24, 2.45) is 5.92 Å². The van der Waals surface area contributed by atoms with Crippen LogP contribution in [0.5, 0.6) is 0 Å². The molecule has 0 spiro atoms. The van der Waals surface area contributed by atoms with E-state index in [1.54, 1.807) is 17.5 Å². The maximum atomic E-state index is 12.8. The lowest BCUT2D eigenvalue weighted by molar-refractivity contribution is -0.120. The third-order valence-electron chi connectivity index (χ3n) is 5.36. The van der Waals surface area contributed by atoms with Crippen molar-refractivity contribution >= 4 is 38.6 Å². The fourth-order valence-electron chi connectivity index (χ4n) is 3.73. The van der Waals surface area contributed by atoms with Crippen LogP contribution in [0.15, 0.2) is 46.0 Å². The Bertz CT molecular complexity index is 923. The number of anilines is 2. The number of rotatable bonds is 5. The van der Waals surface area contributed by atoms with Crippen LogP contribution in [-0.4, -0.2) is 58.0 Å². The Morgan fingerprint density at radius 2 is 1.86 bits per heavy atom. The Labute approximate surface area is 175 Å². The Morgan fingerprint density at radius 1 is 1.10 bits per heavy atom. The van der Waals surface area contributed by atoms with E-state index in [1.807, 2.05) is 24.3 Å². The lowest BCUT2D eigenvalue weighted by Crippen LogP contribution is -2.43. The van der Waals surface area contributed by atoms with E-state index < -0.39 is 10.0 Å². The predicted octanol–water partition coefficient (Wildman–Crippen LogP) is 2.62. The quantitative estimate of drug-likeness (QED) is 0.781. The van der Waals surface area contributed by atoms with Gasteiger partial charge in [-0.2, -0.15) is 4.31 Å². The van der Waals surface area contributed by atoms with Gasteiger partial charge in [0.05, 0.1) is 19.1 Å². The maximum Gasteiger partial charge on any atom is 0.252 e. The summed E-state index contributed by atoms with van der Waals surface area (Å²) in [5, 5.41) is 4.70. The average Bonchev–Trinajstić information content (AvgIpc) is 3.31. The number of morpholine rings is 1. The van der Waals surface area contributed by atoms with E-state index in [9.17, 15) is 13.2 Å². The van der Waals surface area contributed by atoms with Crippen LogP contribution in [0.2, 0.25) is 0 Å². The first-order valence-electron chi connectivity index (χ1n) is 9.81. The van der Waals surface area contributed by atoms with E-state index in [0.29, 0.717) is 23.6 Å². The molecule has 1 N–H and O–H groups in total. The van der Waals surface area contributed by atoms with Gasteiger partial charge < -0.3 is 15.0 Å². The number of piperidine rings is 1. The highest BCUT2D eigenvalue weighted by molar-refractivity contribution is 7.91. The van der Waals surface area contributed by atoms with Crippen LogP contribution in [0.1, 0.15) is 12.8 Å². The molecule has 2 saturated heterocycles. The summed E-state index contributed by atoms with van der Waals surface area (Å²) in [7, 11) is -3.52. The number of hydrogen-bond acceptors (Lipinski definition) is 6. The number of nitrogens with zero attached hydrogens (tertiary/aromatic N) is 2. The Balaban J connectivity index is 1.38.